The van der Waals surface area contributed by atoms with Crippen LogP contribution in [0.1, 0.15) is 42.6 Å². The zero-order valence-corrected chi connectivity index (χ0v) is 11.4. The van der Waals surface area contributed by atoms with Gasteiger partial charge in [-0.2, -0.15) is 0 Å². The zero-order chi connectivity index (χ0) is 13.3. The number of aryl methyl sites for hydroxylation is 1. The van der Waals surface area contributed by atoms with Crippen molar-refractivity contribution in [2.24, 2.45) is 5.92 Å². The first kappa shape index (κ1) is 12.9. The van der Waals surface area contributed by atoms with E-state index in [4.69, 9.17) is 5.73 Å². The first-order chi connectivity index (χ1) is 8.50. The van der Waals surface area contributed by atoms with Crippen molar-refractivity contribution in [2.75, 3.05) is 12.3 Å². The lowest BCUT2D eigenvalue weighted by molar-refractivity contribution is 0.0702. The fourth-order valence-electron chi connectivity index (χ4n) is 2.75. The average molecular weight is 246 g/mol. The molecule has 1 aromatic rings. The van der Waals surface area contributed by atoms with Crippen LogP contribution in [-0.4, -0.2) is 23.4 Å². The van der Waals surface area contributed by atoms with Crippen LogP contribution in [0.4, 0.5) is 5.69 Å². The lowest BCUT2D eigenvalue weighted by Gasteiger charge is -2.28. The average Bonchev–Trinajstić information content (AvgIpc) is 2.80. The molecule has 0 aromatic heterocycles. The van der Waals surface area contributed by atoms with Crippen molar-refractivity contribution >= 4 is 11.6 Å². The number of anilines is 1. The van der Waals surface area contributed by atoms with Gasteiger partial charge in [0, 0.05) is 18.3 Å². The number of nitrogen functional groups attached to an aromatic ring is 1. The Bertz CT molecular complexity index is 454. The maximum absolute atomic E-state index is 12.6. The van der Waals surface area contributed by atoms with E-state index in [2.05, 4.69) is 13.8 Å². The van der Waals surface area contributed by atoms with Gasteiger partial charge in [-0.15, -0.1) is 0 Å². The number of rotatable bonds is 2. The van der Waals surface area contributed by atoms with E-state index in [0.717, 1.165) is 24.9 Å². The Morgan fingerprint density at radius 2 is 2.17 bits per heavy atom. The molecule has 98 valence electrons. The Morgan fingerprint density at radius 3 is 2.83 bits per heavy atom. The van der Waals surface area contributed by atoms with E-state index in [-0.39, 0.29) is 5.91 Å². The number of nitrogens with two attached hydrogens (primary N) is 1. The molecule has 1 atom stereocenters. The fraction of sp³-hybridized carbons (Fsp3) is 0.533. The molecule has 1 aliphatic heterocycles. The first-order valence-corrected chi connectivity index (χ1v) is 6.68. The largest absolute Gasteiger partial charge is 0.398 e. The maximum Gasteiger partial charge on any atom is 0.256 e. The van der Waals surface area contributed by atoms with Gasteiger partial charge in [0.25, 0.3) is 5.91 Å². The van der Waals surface area contributed by atoms with E-state index in [1.807, 2.05) is 30.0 Å². The van der Waals surface area contributed by atoms with E-state index in [0.29, 0.717) is 23.2 Å². The topological polar surface area (TPSA) is 46.3 Å². The van der Waals surface area contributed by atoms with Crippen LogP contribution in [0.15, 0.2) is 18.2 Å². The molecular formula is C15H22N2O. The highest BCUT2D eigenvalue weighted by Crippen LogP contribution is 2.27. The second-order valence-electron chi connectivity index (χ2n) is 5.54. The summed E-state index contributed by atoms with van der Waals surface area (Å²) in [7, 11) is 0. The molecule has 0 saturated carbocycles. The van der Waals surface area contributed by atoms with Crippen LogP contribution in [0, 0.1) is 12.8 Å². The Labute approximate surface area is 109 Å². The first-order valence-electron chi connectivity index (χ1n) is 6.68. The van der Waals surface area contributed by atoms with E-state index in [9.17, 15) is 4.79 Å². The van der Waals surface area contributed by atoms with Crippen LogP contribution in [0.25, 0.3) is 0 Å². The highest BCUT2D eigenvalue weighted by molar-refractivity contribution is 5.99. The summed E-state index contributed by atoms with van der Waals surface area (Å²) in [6.45, 7) is 7.20. The number of carbonyl (C=O) groups excluding carboxylic acids is 1. The summed E-state index contributed by atoms with van der Waals surface area (Å²) in [4.78, 5) is 14.6. The lowest BCUT2D eigenvalue weighted by atomic mass is 10.0. The molecule has 3 heteroatoms. The predicted octanol–water partition coefficient (Wildman–Crippen LogP) is 2.84. The van der Waals surface area contributed by atoms with E-state index < -0.39 is 0 Å². The molecule has 1 heterocycles. The number of amides is 1. The molecule has 1 saturated heterocycles. The Hall–Kier alpha value is -1.51. The van der Waals surface area contributed by atoms with Gasteiger partial charge in [-0.05, 0) is 37.8 Å². The van der Waals surface area contributed by atoms with Gasteiger partial charge in [0.1, 0.15) is 0 Å². The van der Waals surface area contributed by atoms with Crippen LogP contribution in [0.3, 0.4) is 0 Å². The standard InChI is InChI=1S/C15H22N2O/c1-10(2)14-5-4-8-17(14)15(18)12-9-11(3)6-7-13(12)16/h6-7,9-10,14H,4-5,8,16H2,1-3H3. The zero-order valence-electron chi connectivity index (χ0n) is 11.4. The van der Waals surface area contributed by atoms with Gasteiger partial charge >= 0.3 is 0 Å². The van der Waals surface area contributed by atoms with Crippen LogP contribution in [-0.2, 0) is 0 Å². The Morgan fingerprint density at radius 1 is 1.44 bits per heavy atom. The third kappa shape index (κ3) is 2.35. The van der Waals surface area contributed by atoms with Crippen molar-refractivity contribution in [3.05, 3.63) is 29.3 Å². The maximum atomic E-state index is 12.6. The summed E-state index contributed by atoms with van der Waals surface area (Å²) >= 11 is 0. The van der Waals surface area contributed by atoms with Crippen molar-refractivity contribution in [3.8, 4) is 0 Å². The van der Waals surface area contributed by atoms with Crippen molar-refractivity contribution in [1.82, 2.24) is 4.90 Å². The van der Waals surface area contributed by atoms with Crippen molar-refractivity contribution in [3.63, 3.8) is 0 Å². The van der Waals surface area contributed by atoms with Crippen molar-refractivity contribution < 1.29 is 4.79 Å². The van der Waals surface area contributed by atoms with Crippen LogP contribution in [0.2, 0.25) is 0 Å². The summed E-state index contributed by atoms with van der Waals surface area (Å²) in [6.07, 6.45) is 2.20. The molecular weight excluding hydrogens is 224 g/mol. The number of benzene rings is 1. The van der Waals surface area contributed by atoms with Gasteiger partial charge in [0.2, 0.25) is 0 Å². The molecule has 1 aromatic carbocycles. The third-order valence-corrected chi connectivity index (χ3v) is 3.77. The van der Waals surface area contributed by atoms with Crippen molar-refractivity contribution in [1.29, 1.82) is 0 Å². The highest BCUT2D eigenvalue weighted by Gasteiger charge is 2.31. The quantitative estimate of drug-likeness (QED) is 0.816. The van der Waals surface area contributed by atoms with Gasteiger partial charge in [0.05, 0.1) is 5.56 Å². The Kier molecular flexibility index (Phi) is 3.60. The normalized spacial score (nSPS) is 19.6. The highest BCUT2D eigenvalue weighted by atomic mass is 16.2. The Balaban J connectivity index is 2.28. The van der Waals surface area contributed by atoms with Gasteiger partial charge < -0.3 is 10.6 Å². The van der Waals surface area contributed by atoms with E-state index >= 15 is 0 Å². The molecule has 0 bridgehead atoms. The summed E-state index contributed by atoms with van der Waals surface area (Å²) in [5.41, 5.74) is 8.25. The second-order valence-corrected chi connectivity index (χ2v) is 5.54. The minimum absolute atomic E-state index is 0.0902. The molecule has 1 aliphatic rings. The summed E-state index contributed by atoms with van der Waals surface area (Å²) in [5.74, 6) is 0.592. The number of likely N-dealkylation sites (tertiary alicyclic amines) is 1. The molecule has 1 amide bonds. The molecule has 0 spiro atoms. The lowest BCUT2D eigenvalue weighted by Crippen LogP contribution is -2.38. The van der Waals surface area contributed by atoms with Gasteiger partial charge in [0.15, 0.2) is 0 Å². The third-order valence-electron chi connectivity index (χ3n) is 3.77. The summed E-state index contributed by atoms with van der Waals surface area (Å²) in [5, 5.41) is 0. The van der Waals surface area contributed by atoms with E-state index in [1.54, 1.807) is 0 Å². The van der Waals surface area contributed by atoms with Gasteiger partial charge in [-0.3, -0.25) is 4.79 Å². The molecule has 0 aliphatic carbocycles. The molecule has 2 N–H and O–H groups in total. The predicted molar refractivity (Wildman–Crippen MR) is 74.5 cm³/mol. The summed E-state index contributed by atoms with van der Waals surface area (Å²) in [6, 6.07) is 6.02. The molecule has 3 nitrogen and oxygen atoms in total. The van der Waals surface area contributed by atoms with Crippen LogP contribution in [0.5, 0.6) is 0 Å². The minimum Gasteiger partial charge on any atom is -0.398 e. The second kappa shape index (κ2) is 5.01. The molecule has 0 radical (unpaired) electrons. The smallest absolute Gasteiger partial charge is 0.256 e. The number of carbonyl (C=O) groups is 1. The fourth-order valence-corrected chi connectivity index (χ4v) is 2.75. The van der Waals surface area contributed by atoms with Gasteiger partial charge in [-0.25, -0.2) is 0 Å². The van der Waals surface area contributed by atoms with Gasteiger partial charge in [-0.1, -0.05) is 25.5 Å². The van der Waals surface area contributed by atoms with E-state index in [1.165, 1.54) is 0 Å². The minimum atomic E-state index is 0.0902. The number of nitrogens with zero attached hydrogens (tertiary/aromatic N) is 1. The molecule has 1 unspecified atom stereocenters. The molecule has 18 heavy (non-hydrogen) atoms. The summed E-state index contributed by atoms with van der Waals surface area (Å²) < 4.78 is 0. The van der Waals surface area contributed by atoms with Crippen LogP contribution < -0.4 is 5.73 Å². The number of hydrogen-bond acceptors (Lipinski definition) is 2. The monoisotopic (exact) mass is 246 g/mol. The molecule has 2 rings (SSSR count). The SMILES string of the molecule is Cc1ccc(N)c(C(=O)N2CCCC2C(C)C)c1. The van der Waals surface area contributed by atoms with Crippen LogP contribution >= 0.6 is 0 Å². The van der Waals surface area contributed by atoms with Crippen molar-refractivity contribution in [2.45, 2.75) is 39.7 Å². The number of hydrogen-bond donors (Lipinski definition) is 1. The molecule has 1 fully saturated rings.